The topological polar surface area (TPSA) is 210 Å². The molecule has 70 heavy (non-hydrogen) atoms. The van der Waals surface area contributed by atoms with Gasteiger partial charge in [0, 0.05) is 26.2 Å². The summed E-state index contributed by atoms with van der Waals surface area (Å²) in [5, 5.41) is 55.0. The Morgan fingerprint density at radius 1 is 0.571 bits per heavy atom. The van der Waals surface area contributed by atoms with Crippen LogP contribution in [0.4, 0.5) is 0 Å². The Kier molecular flexibility index (Phi) is 15.7. The van der Waals surface area contributed by atoms with Gasteiger partial charge in [-0.25, -0.2) is 9.59 Å². The van der Waals surface area contributed by atoms with Gasteiger partial charge < -0.3 is 52.0 Å². The molecule has 8 aliphatic rings. The van der Waals surface area contributed by atoms with Crippen LogP contribution in [0, 0.1) is 92.7 Å². The number of benzene rings is 1. The van der Waals surface area contributed by atoms with Gasteiger partial charge >= 0.3 is 11.9 Å². The van der Waals surface area contributed by atoms with E-state index in [2.05, 4.69) is 52.2 Å². The minimum Gasteiger partial charge on any atom is -0.459 e. The standard InChI is InChI=1S/C58H94N4O8/c1-33(17-23-61-25-21-59)41-11-13-43-51-45(31-49(65)57(41,43)5)55(3)19-15-39(27-37(55)29-47(51)63)69-53(67)35-7-9-36(10-8-35)54(68)70-40-16-20-56(4)38(28-40)30-48(64)52-44-14-12-42(34(2)18-24-62-26-22-60)58(44,6)50(66)32-46(52)56/h7-10,33-34,37-52,61-66H,11-32,59-60H2,1-6H3/t33-,34-,37-,38-,39?,40?,41-,42-,43+,44+,45+,46+,47?,48?,49?,50?,51+,52+,55+,56+,57-,58-/m1/s1. The quantitative estimate of drug-likeness (QED) is 0.0617. The van der Waals surface area contributed by atoms with Crippen molar-refractivity contribution >= 4 is 11.9 Å². The second kappa shape index (κ2) is 20.9. The first-order valence-electron chi connectivity index (χ1n) is 28.5. The van der Waals surface area contributed by atoms with Crippen molar-refractivity contribution < 1.29 is 39.5 Å². The molecular weight excluding hydrogens is 881 g/mol. The fourth-order valence-electron chi connectivity index (χ4n) is 19.1. The van der Waals surface area contributed by atoms with Crippen LogP contribution in [0.15, 0.2) is 24.3 Å². The summed E-state index contributed by atoms with van der Waals surface area (Å²) in [7, 11) is 0. The number of carbonyl (C=O) groups is 2. The van der Waals surface area contributed by atoms with Crippen molar-refractivity contribution in [3.8, 4) is 0 Å². The van der Waals surface area contributed by atoms with Crippen LogP contribution in [-0.4, -0.2) is 108 Å². The summed E-state index contributed by atoms with van der Waals surface area (Å²) in [4.78, 5) is 27.3. The number of ether oxygens (including phenoxy) is 2. The molecule has 12 heteroatoms. The molecule has 0 bridgehead atoms. The second-order valence-electron chi connectivity index (χ2n) is 26.0. The highest BCUT2D eigenvalue weighted by Crippen LogP contribution is 2.70. The first kappa shape index (κ1) is 52.7. The van der Waals surface area contributed by atoms with E-state index in [1.807, 2.05) is 0 Å². The molecule has 8 fully saturated rings. The molecule has 22 atom stereocenters. The van der Waals surface area contributed by atoms with E-state index in [9.17, 15) is 30.0 Å². The molecule has 0 radical (unpaired) electrons. The summed E-state index contributed by atoms with van der Waals surface area (Å²) in [6.07, 6.45) is 11.8. The lowest BCUT2D eigenvalue weighted by atomic mass is 9.43. The SMILES string of the molecule is C[C@H](CCNCCN)[C@H]1CC[C@H]2[C@@H]3C(O)C[C@H]4CC(OC(=O)c5ccc(C(=O)OC6CC[C@@]7(C)[C@H](C6)CC(O)[C@@H]6[C@@H]7CC(O)[C@]7(C)[C@@H]([C@H](C)CCNCCN)CC[C@@H]67)cc5)CC[C@]4(C)[C@H]3CC(O)[C@]12C. The Labute approximate surface area is 420 Å². The number of aliphatic hydroxyl groups excluding tert-OH is 4. The van der Waals surface area contributed by atoms with E-state index in [1.54, 1.807) is 24.3 Å². The summed E-state index contributed by atoms with van der Waals surface area (Å²) in [6.45, 7) is 18.9. The molecule has 8 saturated carbocycles. The number of fused-ring (bicyclic) bond motifs is 10. The Balaban J connectivity index is 0.767. The van der Waals surface area contributed by atoms with E-state index in [0.717, 1.165) is 103 Å². The number of nitrogens with one attached hydrogen (secondary N) is 2. The van der Waals surface area contributed by atoms with Crippen molar-refractivity contribution in [1.29, 1.82) is 0 Å². The highest BCUT2D eigenvalue weighted by Gasteiger charge is 2.68. The normalized spacial score (nSPS) is 46.0. The molecule has 0 heterocycles. The minimum absolute atomic E-state index is 0.0370. The fraction of sp³-hybridized carbons (Fsp3) is 0.862. The van der Waals surface area contributed by atoms with Crippen LogP contribution >= 0.6 is 0 Å². The van der Waals surface area contributed by atoms with Crippen LogP contribution in [0.2, 0.25) is 0 Å². The van der Waals surface area contributed by atoms with Crippen molar-refractivity contribution in [1.82, 2.24) is 10.6 Å². The molecule has 12 nitrogen and oxygen atoms in total. The minimum atomic E-state index is -0.432. The average molecular weight is 975 g/mol. The van der Waals surface area contributed by atoms with E-state index >= 15 is 0 Å². The molecule has 0 amide bonds. The molecule has 6 unspecified atom stereocenters. The number of hydrogen-bond acceptors (Lipinski definition) is 12. The third-order valence-corrected chi connectivity index (χ3v) is 23.1. The van der Waals surface area contributed by atoms with Crippen LogP contribution in [0.3, 0.4) is 0 Å². The van der Waals surface area contributed by atoms with Gasteiger partial charge in [0.15, 0.2) is 0 Å². The number of rotatable bonds is 16. The third kappa shape index (κ3) is 9.16. The van der Waals surface area contributed by atoms with E-state index in [-0.39, 0.29) is 69.4 Å². The van der Waals surface area contributed by atoms with E-state index in [1.165, 1.54) is 0 Å². The predicted octanol–water partition coefficient (Wildman–Crippen LogP) is 7.09. The van der Waals surface area contributed by atoms with Crippen LogP contribution in [-0.2, 0) is 9.47 Å². The molecule has 0 saturated heterocycles. The van der Waals surface area contributed by atoms with Crippen LogP contribution in [0.5, 0.6) is 0 Å². The highest BCUT2D eigenvalue weighted by atomic mass is 16.5. The maximum absolute atomic E-state index is 13.7. The van der Waals surface area contributed by atoms with Gasteiger partial charge in [-0.1, -0.05) is 41.5 Å². The lowest BCUT2D eigenvalue weighted by Gasteiger charge is -2.63. The largest absolute Gasteiger partial charge is 0.459 e. The van der Waals surface area contributed by atoms with Gasteiger partial charge in [0.05, 0.1) is 35.5 Å². The Morgan fingerprint density at radius 3 is 1.33 bits per heavy atom. The lowest BCUT2D eigenvalue weighted by Crippen LogP contribution is -2.62. The molecule has 394 valence electrons. The molecule has 9 rings (SSSR count). The smallest absolute Gasteiger partial charge is 0.338 e. The Bertz CT molecular complexity index is 1840. The number of carbonyl (C=O) groups excluding carboxylic acids is 2. The fourth-order valence-corrected chi connectivity index (χ4v) is 19.1. The molecule has 1 aromatic rings. The summed E-state index contributed by atoms with van der Waals surface area (Å²) < 4.78 is 12.4. The maximum Gasteiger partial charge on any atom is 0.338 e. The number of aliphatic hydroxyl groups is 4. The molecule has 1 aromatic carbocycles. The van der Waals surface area contributed by atoms with E-state index in [4.69, 9.17) is 20.9 Å². The molecular formula is C58H94N4O8. The monoisotopic (exact) mass is 975 g/mol. The Morgan fingerprint density at radius 2 is 0.957 bits per heavy atom. The summed E-state index contributed by atoms with van der Waals surface area (Å²) in [5.74, 6) is 2.82. The van der Waals surface area contributed by atoms with E-state index in [0.29, 0.717) is 85.4 Å². The first-order valence-corrected chi connectivity index (χ1v) is 28.5. The predicted molar refractivity (Wildman–Crippen MR) is 272 cm³/mol. The first-order chi connectivity index (χ1) is 33.4. The molecule has 8 aliphatic carbocycles. The molecule has 0 aliphatic heterocycles. The average Bonchev–Trinajstić information content (AvgIpc) is 3.89. The van der Waals surface area contributed by atoms with Gasteiger partial charge in [-0.2, -0.15) is 0 Å². The van der Waals surface area contributed by atoms with Crippen LogP contribution < -0.4 is 22.1 Å². The number of esters is 2. The third-order valence-electron chi connectivity index (χ3n) is 23.1. The second-order valence-corrected chi connectivity index (χ2v) is 26.0. The lowest BCUT2D eigenvalue weighted by molar-refractivity contribution is -0.207. The zero-order chi connectivity index (χ0) is 49.9. The summed E-state index contributed by atoms with van der Waals surface area (Å²) in [6, 6.07) is 6.66. The van der Waals surface area contributed by atoms with Gasteiger partial charge in [0.2, 0.25) is 0 Å². The van der Waals surface area contributed by atoms with Crippen molar-refractivity contribution in [3.05, 3.63) is 35.4 Å². The van der Waals surface area contributed by atoms with Gasteiger partial charge in [0.25, 0.3) is 0 Å². The van der Waals surface area contributed by atoms with Crippen molar-refractivity contribution in [3.63, 3.8) is 0 Å². The zero-order valence-corrected chi connectivity index (χ0v) is 43.8. The van der Waals surface area contributed by atoms with Crippen LogP contribution in [0.1, 0.15) is 165 Å². The molecule has 0 aromatic heterocycles. The van der Waals surface area contributed by atoms with Gasteiger partial charge in [0.1, 0.15) is 12.2 Å². The number of hydrogen-bond donors (Lipinski definition) is 8. The van der Waals surface area contributed by atoms with Gasteiger partial charge in [-0.3, -0.25) is 0 Å². The van der Waals surface area contributed by atoms with Crippen molar-refractivity contribution in [2.75, 3.05) is 39.3 Å². The van der Waals surface area contributed by atoms with Gasteiger partial charge in [-0.05, 0) is 233 Å². The number of nitrogens with two attached hydrogens (primary N) is 2. The summed E-state index contributed by atoms with van der Waals surface area (Å²) in [5.41, 5.74) is 11.7. The molecule has 10 N–H and O–H groups in total. The van der Waals surface area contributed by atoms with Gasteiger partial charge in [-0.15, -0.1) is 0 Å². The maximum atomic E-state index is 13.7. The molecule has 0 spiro atoms. The summed E-state index contributed by atoms with van der Waals surface area (Å²) >= 11 is 0. The van der Waals surface area contributed by atoms with Crippen molar-refractivity contribution in [2.45, 2.75) is 181 Å². The Hall–Kier alpha value is -2.16. The van der Waals surface area contributed by atoms with E-state index < -0.39 is 36.4 Å². The zero-order valence-electron chi connectivity index (χ0n) is 43.8. The highest BCUT2D eigenvalue weighted by molar-refractivity contribution is 5.93. The van der Waals surface area contributed by atoms with Crippen LogP contribution in [0.25, 0.3) is 0 Å². The van der Waals surface area contributed by atoms with Crippen molar-refractivity contribution in [2.24, 2.45) is 104 Å².